The van der Waals surface area contributed by atoms with Crippen molar-refractivity contribution in [1.82, 2.24) is 15.0 Å². The minimum Gasteiger partial charge on any atom is -0.325 e. The molecule has 0 spiro atoms. The van der Waals surface area contributed by atoms with Crippen LogP contribution in [-0.4, -0.2) is 15.0 Å². The van der Waals surface area contributed by atoms with Gasteiger partial charge in [0.2, 0.25) is 0 Å². The molecule has 0 aliphatic carbocycles. The van der Waals surface area contributed by atoms with Crippen LogP contribution in [0.1, 0.15) is 16.8 Å². The fraction of sp³-hybridized carbons (Fsp3) is 0.273. The second-order valence-electron chi connectivity index (χ2n) is 3.61. The molecule has 1 aromatic carbocycles. The monoisotopic (exact) mass is 202 g/mol. The lowest BCUT2D eigenvalue weighted by molar-refractivity contribution is 0.760. The molecule has 0 aliphatic heterocycles. The minimum absolute atomic E-state index is 0.444. The quantitative estimate of drug-likeness (QED) is 0.799. The molecule has 2 rings (SSSR count). The van der Waals surface area contributed by atoms with Crippen molar-refractivity contribution in [2.24, 2.45) is 5.73 Å². The highest BCUT2D eigenvalue weighted by molar-refractivity contribution is 5.39. The first-order valence-corrected chi connectivity index (χ1v) is 4.89. The van der Waals surface area contributed by atoms with Crippen molar-refractivity contribution in [3.05, 3.63) is 41.2 Å². The molecule has 2 aromatic rings. The molecule has 0 saturated carbocycles. The molecule has 1 aromatic heterocycles. The van der Waals surface area contributed by atoms with Gasteiger partial charge >= 0.3 is 0 Å². The van der Waals surface area contributed by atoms with E-state index < -0.39 is 0 Å². The first-order chi connectivity index (χ1) is 7.22. The van der Waals surface area contributed by atoms with Crippen LogP contribution in [0.2, 0.25) is 0 Å². The van der Waals surface area contributed by atoms with Crippen LogP contribution in [0.3, 0.4) is 0 Å². The van der Waals surface area contributed by atoms with Crippen molar-refractivity contribution >= 4 is 0 Å². The molecule has 2 N–H and O–H groups in total. The molecule has 15 heavy (non-hydrogen) atoms. The Morgan fingerprint density at radius 2 is 2.07 bits per heavy atom. The average Bonchev–Trinajstić information content (AvgIpc) is 2.70. The lowest BCUT2D eigenvalue weighted by atomic mass is 10.1. The first kappa shape index (κ1) is 9.86. The maximum Gasteiger partial charge on any atom is 0.0781 e. The number of aromatic nitrogens is 3. The van der Waals surface area contributed by atoms with Crippen LogP contribution in [0.5, 0.6) is 0 Å². The van der Waals surface area contributed by atoms with Gasteiger partial charge in [0.25, 0.3) is 0 Å². The molecule has 4 heteroatoms. The van der Waals surface area contributed by atoms with Gasteiger partial charge in [0, 0.05) is 6.54 Å². The molecule has 1 heterocycles. The van der Waals surface area contributed by atoms with Crippen molar-refractivity contribution in [3.8, 4) is 5.69 Å². The minimum atomic E-state index is 0.444. The van der Waals surface area contributed by atoms with Gasteiger partial charge in [-0.2, -0.15) is 0 Å². The van der Waals surface area contributed by atoms with E-state index in [1.54, 1.807) is 10.9 Å². The first-order valence-electron chi connectivity index (χ1n) is 4.89. The van der Waals surface area contributed by atoms with Crippen molar-refractivity contribution in [3.63, 3.8) is 0 Å². The Bertz CT molecular complexity index is 473. The highest BCUT2D eigenvalue weighted by Crippen LogP contribution is 2.14. The second-order valence-corrected chi connectivity index (χ2v) is 3.61. The van der Waals surface area contributed by atoms with Gasteiger partial charge in [-0.1, -0.05) is 11.3 Å². The van der Waals surface area contributed by atoms with Gasteiger partial charge in [0.15, 0.2) is 0 Å². The highest BCUT2D eigenvalue weighted by Gasteiger charge is 2.04. The van der Waals surface area contributed by atoms with Crippen LogP contribution in [0.15, 0.2) is 24.4 Å². The molecule has 0 amide bonds. The van der Waals surface area contributed by atoms with E-state index in [9.17, 15) is 0 Å². The number of hydrogen-bond acceptors (Lipinski definition) is 3. The molecular formula is C11H14N4. The van der Waals surface area contributed by atoms with Gasteiger partial charge in [-0.05, 0) is 37.1 Å². The van der Waals surface area contributed by atoms with Gasteiger partial charge in [-0.25, -0.2) is 4.68 Å². The predicted molar refractivity (Wildman–Crippen MR) is 58.7 cm³/mol. The molecular weight excluding hydrogens is 188 g/mol. The summed E-state index contributed by atoms with van der Waals surface area (Å²) in [6, 6.07) is 6.19. The van der Waals surface area contributed by atoms with Gasteiger partial charge < -0.3 is 5.73 Å². The lowest BCUT2D eigenvalue weighted by Crippen LogP contribution is -2.07. The summed E-state index contributed by atoms with van der Waals surface area (Å²) in [5, 5.41) is 7.87. The third-order valence-electron chi connectivity index (χ3n) is 2.56. The SMILES string of the molecule is Cc1ccc(-n2nncc2CN)cc1C. The summed E-state index contributed by atoms with van der Waals surface area (Å²) in [5.74, 6) is 0. The summed E-state index contributed by atoms with van der Waals surface area (Å²) in [5.41, 5.74) is 10.0. The predicted octanol–water partition coefficient (Wildman–Crippen LogP) is 1.34. The van der Waals surface area contributed by atoms with E-state index in [-0.39, 0.29) is 0 Å². The van der Waals surface area contributed by atoms with E-state index in [0.29, 0.717) is 6.54 Å². The van der Waals surface area contributed by atoms with Gasteiger partial charge in [-0.3, -0.25) is 0 Å². The molecule has 0 radical (unpaired) electrons. The third-order valence-corrected chi connectivity index (χ3v) is 2.56. The molecule has 4 nitrogen and oxygen atoms in total. The zero-order valence-electron chi connectivity index (χ0n) is 8.94. The van der Waals surface area contributed by atoms with E-state index in [1.165, 1.54) is 11.1 Å². The van der Waals surface area contributed by atoms with E-state index in [4.69, 9.17) is 5.73 Å². The fourth-order valence-corrected chi connectivity index (χ4v) is 1.47. The van der Waals surface area contributed by atoms with Crippen LogP contribution in [0.25, 0.3) is 5.69 Å². The number of aryl methyl sites for hydroxylation is 2. The van der Waals surface area contributed by atoms with Crippen molar-refractivity contribution in [1.29, 1.82) is 0 Å². The van der Waals surface area contributed by atoms with Crippen molar-refractivity contribution < 1.29 is 0 Å². The second kappa shape index (κ2) is 3.82. The molecule has 0 bridgehead atoms. The van der Waals surface area contributed by atoms with Gasteiger partial charge in [-0.15, -0.1) is 5.10 Å². The molecule has 78 valence electrons. The standard InChI is InChI=1S/C11H14N4/c1-8-3-4-10(5-9(8)2)15-11(6-12)7-13-14-15/h3-5,7H,6,12H2,1-2H3. The Hall–Kier alpha value is -1.68. The molecule has 0 aliphatic rings. The van der Waals surface area contributed by atoms with E-state index in [0.717, 1.165) is 11.4 Å². The van der Waals surface area contributed by atoms with Gasteiger partial charge in [0.1, 0.15) is 0 Å². The summed E-state index contributed by atoms with van der Waals surface area (Å²) in [4.78, 5) is 0. The summed E-state index contributed by atoms with van der Waals surface area (Å²) < 4.78 is 1.77. The summed E-state index contributed by atoms with van der Waals surface area (Å²) in [7, 11) is 0. The Labute approximate surface area is 88.7 Å². The maximum absolute atomic E-state index is 5.60. The van der Waals surface area contributed by atoms with Crippen LogP contribution in [0, 0.1) is 13.8 Å². The molecule has 0 atom stereocenters. The summed E-state index contributed by atoms with van der Waals surface area (Å²) >= 11 is 0. The van der Waals surface area contributed by atoms with Crippen molar-refractivity contribution in [2.75, 3.05) is 0 Å². The van der Waals surface area contributed by atoms with E-state index in [2.05, 4.69) is 36.3 Å². The Morgan fingerprint density at radius 3 is 2.73 bits per heavy atom. The van der Waals surface area contributed by atoms with Crippen LogP contribution in [-0.2, 0) is 6.54 Å². The Kier molecular flexibility index (Phi) is 2.51. The Morgan fingerprint density at radius 1 is 1.27 bits per heavy atom. The molecule has 0 fully saturated rings. The topological polar surface area (TPSA) is 56.7 Å². The van der Waals surface area contributed by atoms with Crippen LogP contribution < -0.4 is 5.73 Å². The number of rotatable bonds is 2. The molecule has 0 saturated heterocycles. The summed E-state index contributed by atoms with van der Waals surface area (Å²) in [6.07, 6.45) is 1.69. The molecule has 0 unspecified atom stereocenters. The van der Waals surface area contributed by atoms with Gasteiger partial charge in [0.05, 0.1) is 17.6 Å². The normalized spacial score (nSPS) is 10.6. The maximum atomic E-state index is 5.60. The zero-order chi connectivity index (χ0) is 10.8. The van der Waals surface area contributed by atoms with Crippen LogP contribution in [0.4, 0.5) is 0 Å². The highest BCUT2D eigenvalue weighted by atomic mass is 15.4. The van der Waals surface area contributed by atoms with Crippen molar-refractivity contribution in [2.45, 2.75) is 20.4 Å². The smallest absolute Gasteiger partial charge is 0.0781 e. The zero-order valence-corrected chi connectivity index (χ0v) is 8.94. The number of nitrogens with zero attached hydrogens (tertiary/aromatic N) is 3. The third kappa shape index (κ3) is 1.76. The number of nitrogens with two attached hydrogens (primary N) is 1. The number of hydrogen-bond donors (Lipinski definition) is 1. The van der Waals surface area contributed by atoms with E-state index >= 15 is 0 Å². The average molecular weight is 202 g/mol. The Balaban J connectivity index is 2.50. The lowest BCUT2D eigenvalue weighted by Gasteiger charge is -2.06. The number of benzene rings is 1. The van der Waals surface area contributed by atoms with Crippen LogP contribution >= 0.6 is 0 Å². The fourth-order valence-electron chi connectivity index (χ4n) is 1.47. The largest absolute Gasteiger partial charge is 0.325 e. The van der Waals surface area contributed by atoms with E-state index in [1.807, 2.05) is 6.07 Å². The summed E-state index contributed by atoms with van der Waals surface area (Å²) in [6.45, 7) is 4.61.